The summed E-state index contributed by atoms with van der Waals surface area (Å²) in [6.45, 7) is 6.06. The number of hydrogen-bond donors (Lipinski definition) is 1. The first-order valence-corrected chi connectivity index (χ1v) is 5.78. The van der Waals surface area contributed by atoms with Gasteiger partial charge < -0.3 is 10.2 Å². The average molecular weight is 222 g/mol. The first kappa shape index (κ1) is 12.9. The fraction of sp³-hybridized carbons (Fsp3) is 0.667. The van der Waals surface area contributed by atoms with Crippen molar-refractivity contribution >= 4 is 5.82 Å². The minimum absolute atomic E-state index is 0.882. The quantitative estimate of drug-likeness (QED) is 0.746. The number of unbranched alkanes of at least 4 members (excludes halogenated alkanes) is 1. The van der Waals surface area contributed by atoms with E-state index in [4.69, 9.17) is 0 Å². The molecule has 0 atom stereocenters. The van der Waals surface area contributed by atoms with E-state index in [2.05, 4.69) is 34.3 Å². The van der Waals surface area contributed by atoms with Crippen LogP contribution in [0.3, 0.4) is 0 Å². The Bertz CT molecular complexity index is 323. The number of aryl methyl sites for hydroxylation is 2. The Morgan fingerprint density at radius 3 is 2.56 bits per heavy atom. The van der Waals surface area contributed by atoms with Crippen LogP contribution in [0.15, 0.2) is 6.20 Å². The summed E-state index contributed by atoms with van der Waals surface area (Å²) in [5.41, 5.74) is 2.00. The van der Waals surface area contributed by atoms with Crippen molar-refractivity contribution in [2.24, 2.45) is 0 Å². The van der Waals surface area contributed by atoms with Gasteiger partial charge in [-0.25, -0.2) is 4.98 Å². The van der Waals surface area contributed by atoms with Gasteiger partial charge in [0.15, 0.2) is 0 Å². The van der Waals surface area contributed by atoms with Gasteiger partial charge in [-0.1, -0.05) is 0 Å². The van der Waals surface area contributed by atoms with E-state index in [1.165, 1.54) is 6.42 Å². The van der Waals surface area contributed by atoms with Gasteiger partial charge in [-0.15, -0.1) is 0 Å². The van der Waals surface area contributed by atoms with E-state index in [-0.39, 0.29) is 0 Å². The number of nitrogens with one attached hydrogen (secondary N) is 1. The van der Waals surface area contributed by atoms with Gasteiger partial charge in [0.25, 0.3) is 0 Å². The van der Waals surface area contributed by atoms with Gasteiger partial charge >= 0.3 is 0 Å². The second kappa shape index (κ2) is 6.43. The molecule has 1 aromatic heterocycles. The monoisotopic (exact) mass is 222 g/mol. The van der Waals surface area contributed by atoms with Crippen LogP contribution in [0.1, 0.15) is 24.2 Å². The van der Waals surface area contributed by atoms with E-state index in [9.17, 15) is 0 Å². The zero-order valence-corrected chi connectivity index (χ0v) is 10.7. The van der Waals surface area contributed by atoms with Crippen molar-refractivity contribution in [2.75, 3.05) is 32.5 Å². The fourth-order valence-electron chi connectivity index (χ4n) is 1.40. The summed E-state index contributed by atoms with van der Waals surface area (Å²) in [5, 5.41) is 3.29. The Balaban J connectivity index is 2.24. The predicted octanol–water partition coefficient (Wildman–Crippen LogP) is 1.85. The molecular weight excluding hydrogens is 200 g/mol. The highest BCUT2D eigenvalue weighted by Gasteiger charge is 1.98. The molecule has 4 nitrogen and oxygen atoms in total. The number of rotatable bonds is 6. The van der Waals surface area contributed by atoms with E-state index in [0.29, 0.717) is 0 Å². The lowest BCUT2D eigenvalue weighted by molar-refractivity contribution is 0.396. The van der Waals surface area contributed by atoms with E-state index in [1.54, 1.807) is 6.20 Å². The molecule has 0 saturated heterocycles. The third-order valence-corrected chi connectivity index (χ3v) is 2.53. The molecule has 0 aliphatic carbocycles. The van der Waals surface area contributed by atoms with Crippen molar-refractivity contribution in [2.45, 2.75) is 26.7 Å². The summed E-state index contributed by atoms with van der Waals surface area (Å²) in [4.78, 5) is 10.9. The van der Waals surface area contributed by atoms with Crippen LogP contribution >= 0.6 is 0 Å². The van der Waals surface area contributed by atoms with E-state index < -0.39 is 0 Å². The van der Waals surface area contributed by atoms with E-state index in [1.807, 2.05) is 13.8 Å². The van der Waals surface area contributed by atoms with Crippen molar-refractivity contribution in [3.05, 3.63) is 17.6 Å². The van der Waals surface area contributed by atoms with Crippen LogP contribution in [-0.4, -0.2) is 42.1 Å². The van der Waals surface area contributed by atoms with E-state index >= 15 is 0 Å². The average Bonchev–Trinajstić information content (AvgIpc) is 2.22. The molecule has 90 valence electrons. The summed E-state index contributed by atoms with van der Waals surface area (Å²) >= 11 is 0. The second-order valence-corrected chi connectivity index (χ2v) is 4.36. The Hall–Kier alpha value is -1.16. The smallest absolute Gasteiger partial charge is 0.144 e. The van der Waals surface area contributed by atoms with Crippen LogP contribution < -0.4 is 5.32 Å². The molecule has 0 amide bonds. The zero-order valence-electron chi connectivity index (χ0n) is 10.7. The van der Waals surface area contributed by atoms with Gasteiger partial charge in [-0.05, 0) is 47.3 Å². The molecule has 1 aromatic rings. The molecular formula is C12H22N4. The van der Waals surface area contributed by atoms with Gasteiger partial charge in [0.1, 0.15) is 5.82 Å². The molecule has 0 aliphatic heterocycles. The van der Waals surface area contributed by atoms with E-state index in [0.717, 1.165) is 36.7 Å². The SMILES string of the molecule is Cc1ncc(NCCCCN(C)C)nc1C. The molecule has 1 rings (SSSR count). The molecule has 16 heavy (non-hydrogen) atoms. The molecule has 0 saturated carbocycles. The summed E-state index contributed by atoms with van der Waals surface area (Å²) in [5.74, 6) is 0.882. The number of aromatic nitrogens is 2. The number of nitrogens with zero attached hydrogens (tertiary/aromatic N) is 3. The Kier molecular flexibility index (Phi) is 5.19. The molecule has 1 heterocycles. The molecule has 0 bridgehead atoms. The van der Waals surface area contributed by atoms with Crippen molar-refractivity contribution < 1.29 is 0 Å². The predicted molar refractivity (Wildman–Crippen MR) is 67.8 cm³/mol. The van der Waals surface area contributed by atoms with Crippen molar-refractivity contribution in [3.8, 4) is 0 Å². The van der Waals surface area contributed by atoms with Gasteiger partial charge in [0.05, 0.1) is 17.6 Å². The van der Waals surface area contributed by atoms with Crippen LogP contribution in [0.5, 0.6) is 0 Å². The maximum Gasteiger partial charge on any atom is 0.144 e. The Morgan fingerprint density at radius 1 is 1.19 bits per heavy atom. The third-order valence-electron chi connectivity index (χ3n) is 2.53. The fourth-order valence-corrected chi connectivity index (χ4v) is 1.40. The topological polar surface area (TPSA) is 41.1 Å². The molecule has 1 N–H and O–H groups in total. The van der Waals surface area contributed by atoms with Crippen molar-refractivity contribution in [1.82, 2.24) is 14.9 Å². The molecule has 0 aliphatic rings. The normalized spacial score (nSPS) is 10.8. The van der Waals surface area contributed by atoms with Crippen LogP contribution in [0.25, 0.3) is 0 Å². The summed E-state index contributed by atoms with van der Waals surface area (Å²) < 4.78 is 0. The molecule has 4 heteroatoms. The maximum absolute atomic E-state index is 4.42. The summed E-state index contributed by atoms with van der Waals surface area (Å²) in [7, 11) is 4.20. The van der Waals surface area contributed by atoms with Crippen molar-refractivity contribution in [1.29, 1.82) is 0 Å². The lowest BCUT2D eigenvalue weighted by Crippen LogP contribution is -2.14. The molecule has 0 spiro atoms. The zero-order chi connectivity index (χ0) is 12.0. The lowest BCUT2D eigenvalue weighted by Gasteiger charge is -2.10. The Morgan fingerprint density at radius 2 is 1.94 bits per heavy atom. The summed E-state index contributed by atoms with van der Waals surface area (Å²) in [6, 6.07) is 0. The molecule has 0 aromatic carbocycles. The van der Waals surface area contributed by atoms with Gasteiger partial charge in [0, 0.05) is 6.54 Å². The van der Waals surface area contributed by atoms with Gasteiger partial charge in [-0.2, -0.15) is 0 Å². The number of anilines is 1. The highest BCUT2D eigenvalue weighted by Crippen LogP contribution is 2.05. The first-order valence-electron chi connectivity index (χ1n) is 5.78. The van der Waals surface area contributed by atoms with Crippen LogP contribution in [-0.2, 0) is 0 Å². The number of hydrogen-bond acceptors (Lipinski definition) is 4. The minimum atomic E-state index is 0.882. The first-order chi connectivity index (χ1) is 7.59. The maximum atomic E-state index is 4.42. The second-order valence-electron chi connectivity index (χ2n) is 4.36. The molecule has 0 unspecified atom stereocenters. The van der Waals surface area contributed by atoms with Gasteiger partial charge in [-0.3, -0.25) is 4.98 Å². The molecule has 0 fully saturated rings. The highest BCUT2D eigenvalue weighted by molar-refractivity contribution is 5.32. The van der Waals surface area contributed by atoms with Crippen LogP contribution in [0.2, 0.25) is 0 Å². The highest BCUT2D eigenvalue weighted by atomic mass is 15.0. The Labute approximate surface area is 98.1 Å². The van der Waals surface area contributed by atoms with Crippen LogP contribution in [0.4, 0.5) is 5.82 Å². The minimum Gasteiger partial charge on any atom is -0.369 e. The van der Waals surface area contributed by atoms with Crippen molar-refractivity contribution in [3.63, 3.8) is 0 Å². The van der Waals surface area contributed by atoms with Gasteiger partial charge in [0.2, 0.25) is 0 Å². The largest absolute Gasteiger partial charge is 0.369 e. The molecule has 0 radical (unpaired) electrons. The van der Waals surface area contributed by atoms with Crippen LogP contribution in [0, 0.1) is 13.8 Å². The summed E-state index contributed by atoms with van der Waals surface area (Å²) in [6.07, 6.45) is 4.17. The third kappa shape index (κ3) is 4.57. The lowest BCUT2D eigenvalue weighted by atomic mass is 10.3. The standard InChI is InChI=1S/C12H22N4/c1-10-11(2)15-12(9-14-10)13-7-5-6-8-16(3)4/h9H,5-8H2,1-4H3,(H,13,15).